The lowest BCUT2D eigenvalue weighted by Gasteiger charge is -2.23. The second kappa shape index (κ2) is 3.05. The van der Waals surface area contributed by atoms with E-state index in [1.165, 1.54) is 0 Å². The van der Waals surface area contributed by atoms with Crippen LogP contribution in [0.4, 0.5) is 0 Å². The van der Waals surface area contributed by atoms with Crippen LogP contribution in [0, 0.1) is 0 Å². The fourth-order valence-corrected chi connectivity index (χ4v) is 1.20. The lowest BCUT2D eigenvalue weighted by molar-refractivity contribution is -0.135. The summed E-state index contributed by atoms with van der Waals surface area (Å²) in [6, 6.07) is 0. The molecular weight excluding hydrogens is 144 g/mol. The summed E-state index contributed by atoms with van der Waals surface area (Å²) in [5, 5.41) is 8.65. The van der Waals surface area contributed by atoms with Gasteiger partial charge in [-0.3, -0.25) is 0 Å². The fraction of sp³-hybridized carbons (Fsp3) is 0.625. The van der Waals surface area contributed by atoms with E-state index in [1.54, 1.807) is 13.0 Å². The van der Waals surface area contributed by atoms with Crippen LogP contribution in [0.3, 0.4) is 0 Å². The first-order valence-corrected chi connectivity index (χ1v) is 3.70. The van der Waals surface area contributed by atoms with Crippen molar-refractivity contribution in [1.29, 1.82) is 0 Å². The van der Waals surface area contributed by atoms with Gasteiger partial charge in [-0.1, -0.05) is 6.08 Å². The van der Waals surface area contributed by atoms with Crippen molar-refractivity contribution in [3.63, 3.8) is 0 Å². The van der Waals surface area contributed by atoms with E-state index in [1.807, 2.05) is 6.92 Å². The van der Waals surface area contributed by atoms with Gasteiger partial charge in [0.1, 0.15) is 0 Å². The molecule has 0 amide bonds. The van der Waals surface area contributed by atoms with Gasteiger partial charge in [-0.05, 0) is 20.3 Å². The Morgan fingerprint density at radius 3 is 2.82 bits per heavy atom. The monoisotopic (exact) mass is 156 g/mol. The van der Waals surface area contributed by atoms with E-state index in [9.17, 15) is 4.79 Å². The summed E-state index contributed by atoms with van der Waals surface area (Å²) in [6.07, 6.45) is 2.32. The molecule has 1 rings (SSSR count). The summed E-state index contributed by atoms with van der Waals surface area (Å²) >= 11 is 0. The smallest absolute Gasteiger partial charge is 0.333 e. The van der Waals surface area contributed by atoms with Crippen molar-refractivity contribution in [1.82, 2.24) is 0 Å². The molecule has 62 valence electrons. The summed E-state index contributed by atoms with van der Waals surface area (Å²) < 4.78 is 5.31. The van der Waals surface area contributed by atoms with Gasteiger partial charge < -0.3 is 9.84 Å². The van der Waals surface area contributed by atoms with Crippen LogP contribution in [0.15, 0.2) is 11.6 Å². The number of rotatable bonds is 1. The van der Waals surface area contributed by atoms with Crippen LogP contribution in [-0.2, 0) is 9.53 Å². The quantitative estimate of drug-likeness (QED) is 0.620. The van der Waals surface area contributed by atoms with Crippen molar-refractivity contribution in [2.45, 2.75) is 32.5 Å². The average molecular weight is 156 g/mol. The minimum atomic E-state index is -0.871. The maximum Gasteiger partial charge on any atom is 0.333 e. The van der Waals surface area contributed by atoms with Crippen LogP contribution < -0.4 is 0 Å². The Morgan fingerprint density at radius 1 is 1.73 bits per heavy atom. The summed E-state index contributed by atoms with van der Waals surface area (Å²) in [5.41, 5.74) is 0.378. The zero-order chi connectivity index (χ0) is 8.43. The molecule has 0 aliphatic carbocycles. The third kappa shape index (κ3) is 1.80. The number of aliphatic carboxylic acids is 1. The molecule has 0 bridgehead atoms. The Bertz CT molecular complexity index is 196. The molecule has 3 nitrogen and oxygen atoms in total. The molecule has 1 aliphatic rings. The van der Waals surface area contributed by atoms with Gasteiger partial charge >= 0.3 is 5.97 Å². The zero-order valence-corrected chi connectivity index (χ0v) is 6.70. The van der Waals surface area contributed by atoms with E-state index in [0.29, 0.717) is 12.0 Å². The van der Waals surface area contributed by atoms with Crippen LogP contribution in [0.5, 0.6) is 0 Å². The summed E-state index contributed by atoms with van der Waals surface area (Å²) in [7, 11) is 0. The molecule has 0 saturated heterocycles. The molecule has 11 heavy (non-hydrogen) atoms. The predicted octanol–water partition coefficient (Wildman–Crippen LogP) is 1.19. The molecule has 0 fully saturated rings. The first-order chi connectivity index (χ1) is 5.11. The molecule has 1 heterocycles. The van der Waals surface area contributed by atoms with Gasteiger partial charge in [0.15, 0.2) is 0 Å². The number of hydrogen-bond acceptors (Lipinski definition) is 2. The highest BCUT2D eigenvalue weighted by Crippen LogP contribution is 2.18. The Kier molecular flexibility index (Phi) is 2.29. The molecule has 0 aromatic rings. The van der Waals surface area contributed by atoms with E-state index < -0.39 is 5.97 Å². The minimum absolute atomic E-state index is 0.146. The number of carboxylic acid groups (broad SMARTS) is 1. The molecule has 1 N–H and O–H groups in total. The first kappa shape index (κ1) is 8.27. The maximum atomic E-state index is 10.5. The second-order valence-corrected chi connectivity index (χ2v) is 2.79. The molecule has 1 aliphatic heterocycles. The number of carbonyl (C=O) groups is 1. The Morgan fingerprint density at radius 2 is 2.36 bits per heavy atom. The van der Waals surface area contributed by atoms with Crippen LogP contribution in [0.2, 0.25) is 0 Å². The Hall–Kier alpha value is -0.830. The summed E-state index contributed by atoms with van der Waals surface area (Å²) in [4.78, 5) is 10.5. The lowest BCUT2D eigenvalue weighted by Crippen LogP contribution is -2.27. The van der Waals surface area contributed by atoms with E-state index in [4.69, 9.17) is 9.84 Å². The van der Waals surface area contributed by atoms with Gasteiger partial charge in [0, 0.05) is 0 Å². The molecule has 0 spiro atoms. The van der Waals surface area contributed by atoms with Crippen molar-refractivity contribution < 1.29 is 14.6 Å². The number of carboxylic acids is 1. The van der Waals surface area contributed by atoms with Crippen LogP contribution in [0.1, 0.15) is 20.3 Å². The van der Waals surface area contributed by atoms with Crippen LogP contribution in [-0.4, -0.2) is 23.3 Å². The molecule has 0 radical (unpaired) electrons. The third-order valence-electron chi connectivity index (χ3n) is 1.79. The highest BCUT2D eigenvalue weighted by Gasteiger charge is 2.22. The van der Waals surface area contributed by atoms with E-state index >= 15 is 0 Å². The topological polar surface area (TPSA) is 46.5 Å². The molecule has 2 atom stereocenters. The molecule has 2 unspecified atom stereocenters. The molecular formula is C8H12O3. The average Bonchev–Trinajstić information content (AvgIpc) is 1.85. The van der Waals surface area contributed by atoms with Crippen molar-refractivity contribution in [3.05, 3.63) is 11.6 Å². The van der Waals surface area contributed by atoms with Gasteiger partial charge in [-0.15, -0.1) is 0 Å². The van der Waals surface area contributed by atoms with Gasteiger partial charge in [0.2, 0.25) is 0 Å². The summed E-state index contributed by atoms with van der Waals surface area (Å²) in [6.45, 7) is 3.70. The molecule has 0 aromatic heterocycles. The molecule has 0 saturated carbocycles. The van der Waals surface area contributed by atoms with Gasteiger partial charge in [-0.25, -0.2) is 4.79 Å². The van der Waals surface area contributed by atoms with Crippen molar-refractivity contribution >= 4 is 5.97 Å². The molecule has 0 aromatic carbocycles. The summed E-state index contributed by atoms with van der Waals surface area (Å²) in [5.74, 6) is -0.871. The first-order valence-electron chi connectivity index (χ1n) is 3.70. The highest BCUT2D eigenvalue weighted by atomic mass is 16.5. The number of hydrogen-bond donors (Lipinski definition) is 1. The zero-order valence-electron chi connectivity index (χ0n) is 6.70. The highest BCUT2D eigenvalue weighted by molar-refractivity contribution is 5.87. The van der Waals surface area contributed by atoms with Crippen molar-refractivity contribution in [2.24, 2.45) is 0 Å². The van der Waals surface area contributed by atoms with Crippen molar-refractivity contribution in [3.8, 4) is 0 Å². The van der Waals surface area contributed by atoms with Crippen LogP contribution >= 0.6 is 0 Å². The van der Waals surface area contributed by atoms with Crippen LogP contribution in [0.25, 0.3) is 0 Å². The Balaban J connectivity index is 2.72. The van der Waals surface area contributed by atoms with E-state index in [2.05, 4.69) is 0 Å². The largest absolute Gasteiger partial charge is 0.478 e. The SMILES string of the molecule is CC1CC=C(C(=O)O)C(C)O1. The van der Waals surface area contributed by atoms with E-state index in [-0.39, 0.29) is 12.2 Å². The van der Waals surface area contributed by atoms with Gasteiger partial charge in [-0.2, -0.15) is 0 Å². The molecule has 3 heteroatoms. The fourth-order valence-electron chi connectivity index (χ4n) is 1.20. The second-order valence-electron chi connectivity index (χ2n) is 2.79. The van der Waals surface area contributed by atoms with E-state index in [0.717, 1.165) is 0 Å². The van der Waals surface area contributed by atoms with Gasteiger partial charge in [0.05, 0.1) is 17.8 Å². The standard InChI is InChI=1S/C8H12O3/c1-5-3-4-7(8(9)10)6(2)11-5/h4-6H,3H2,1-2H3,(H,9,10). The van der Waals surface area contributed by atoms with Crippen molar-refractivity contribution in [2.75, 3.05) is 0 Å². The Labute approximate surface area is 65.7 Å². The maximum absolute atomic E-state index is 10.5. The lowest BCUT2D eigenvalue weighted by atomic mass is 10.1. The van der Waals surface area contributed by atoms with Gasteiger partial charge in [0.25, 0.3) is 0 Å². The number of ether oxygens (including phenoxy) is 1. The minimum Gasteiger partial charge on any atom is -0.478 e. The normalized spacial score (nSPS) is 31.3. The third-order valence-corrected chi connectivity index (χ3v) is 1.79. The predicted molar refractivity (Wildman–Crippen MR) is 40.3 cm³/mol.